The average Bonchev–Trinajstić information content (AvgIpc) is 3.06. The smallest absolute Gasteiger partial charge is 0.232 e. The molecule has 1 aromatic carbocycles. The van der Waals surface area contributed by atoms with E-state index in [4.69, 9.17) is 10.00 Å². The predicted octanol–water partition coefficient (Wildman–Crippen LogP) is 1.90. The molecule has 1 aromatic heterocycles. The van der Waals surface area contributed by atoms with Gasteiger partial charge in [-0.25, -0.2) is 4.98 Å². The number of aromatic nitrogens is 1. The Morgan fingerprint density at radius 1 is 1.21 bits per heavy atom. The van der Waals surface area contributed by atoms with E-state index >= 15 is 0 Å². The van der Waals surface area contributed by atoms with Crippen LogP contribution in [-0.4, -0.2) is 47.4 Å². The van der Waals surface area contributed by atoms with Crippen LogP contribution in [0.25, 0.3) is 0 Å². The summed E-state index contributed by atoms with van der Waals surface area (Å²) in [4.78, 5) is 32.6. The number of ether oxygens (including phenoxy) is 1. The summed E-state index contributed by atoms with van der Waals surface area (Å²) in [6.45, 7) is 3.28. The van der Waals surface area contributed by atoms with Crippen LogP contribution in [0.1, 0.15) is 17.5 Å². The number of anilines is 1. The molecule has 7 nitrogen and oxygen atoms in total. The molecule has 2 amide bonds. The van der Waals surface area contributed by atoms with E-state index in [9.17, 15) is 9.59 Å². The molecule has 7 heteroatoms. The number of nitrogens with zero attached hydrogens (tertiary/aromatic N) is 4. The first-order chi connectivity index (χ1) is 13.5. The van der Waals surface area contributed by atoms with Crippen LogP contribution in [0.2, 0.25) is 0 Å². The van der Waals surface area contributed by atoms with Gasteiger partial charge in [0.05, 0.1) is 19.0 Å². The number of hydrogen-bond donors (Lipinski definition) is 0. The summed E-state index contributed by atoms with van der Waals surface area (Å²) in [6.07, 6.45) is 1.62. The van der Waals surface area contributed by atoms with E-state index in [0.717, 1.165) is 11.3 Å². The molecule has 1 atom stereocenters. The van der Waals surface area contributed by atoms with Gasteiger partial charge in [-0.1, -0.05) is 17.7 Å². The number of likely N-dealkylation sites (tertiary alicyclic amines) is 1. The lowest BCUT2D eigenvalue weighted by atomic mass is 10.0. The molecule has 2 aliphatic rings. The molecule has 0 radical (unpaired) electrons. The second-order valence-corrected chi connectivity index (χ2v) is 7.19. The van der Waals surface area contributed by atoms with Crippen LogP contribution in [-0.2, 0) is 9.59 Å². The Bertz CT molecular complexity index is 945. The highest BCUT2D eigenvalue weighted by Crippen LogP contribution is 2.28. The van der Waals surface area contributed by atoms with E-state index in [1.165, 1.54) is 0 Å². The predicted molar refractivity (Wildman–Crippen MR) is 102 cm³/mol. The molecule has 3 heterocycles. The number of carbonyl (C=O) groups excluding carboxylic acids is 2. The molecule has 0 N–H and O–H groups in total. The van der Waals surface area contributed by atoms with Crippen molar-refractivity contribution in [2.24, 2.45) is 5.92 Å². The molecule has 2 aromatic rings. The molecule has 0 spiro atoms. The van der Waals surface area contributed by atoms with Gasteiger partial charge >= 0.3 is 0 Å². The number of amides is 2. The van der Waals surface area contributed by atoms with Crippen molar-refractivity contribution in [2.45, 2.75) is 19.4 Å². The summed E-state index contributed by atoms with van der Waals surface area (Å²) < 4.78 is 5.73. The Hall–Kier alpha value is -3.40. The van der Waals surface area contributed by atoms with Crippen LogP contribution in [0.15, 0.2) is 42.6 Å². The molecule has 2 saturated heterocycles. The highest BCUT2D eigenvalue weighted by Gasteiger charge is 2.41. The minimum Gasteiger partial charge on any atom is -0.470 e. The molecule has 4 rings (SSSR count). The van der Waals surface area contributed by atoms with Crippen molar-refractivity contribution >= 4 is 17.5 Å². The molecule has 1 unspecified atom stereocenters. The van der Waals surface area contributed by atoms with E-state index in [2.05, 4.69) is 4.98 Å². The maximum atomic E-state index is 12.7. The van der Waals surface area contributed by atoms with Crippen LogP contribution in [0.5, 0.6) is 5.88 Å². The SMILES string of the molecule is Cc1ccc(N2CC(C(=O)N3CC(Oc4ncccc4C#N)C3)CC2=O)cc1. The highest BCUT2D eigenvalue weighted by molar-refractivity contribution is 6.00. The van der Waals surface area contributed by atoms with Crippen molar-refractivity contribution in [2.75, 3.05) is 24.5 Å². The van der Waals surface area contributed by atoms with Gasteiger partial charge in [-0.05, 0) is 31.2 Å². The Labute approximate surface area is 163 Å². The minimum atomic E-state index is -0.334. The van der Waals surface area contributed by atoms with E-state index in [1.807, 2.05) is 37.3 Å². The lowest BCUT2D eigenvalue weighted by Crippen LogP contribution is -2.58. The van der Waals surface area contributed by atoms with E-state index in [0.29, 0.717) is 31.1 Å². The van der Waals surface area contributed by atoms with E-state index < -0.39 is 0 Å². The monoisotopic (exact) mass is 376 g/mol. The van der Waals surface area contributed by atoms with Crippen molar-refractivity contribution in [3.8, 4) is 11.9 Å². The van der Waals surface area contributed by atoms with Gasteiger partial charge in [-0.3, -0.25) is 9.59 Å². The lowest BCUT2D eigenvalue weighted by molar-refractivity contribution is -0.144. The highest BCUT2D eigenvalue weighted by atomic mass is 16.5. The van der Waals surface area contributed by atoms with Gasteiger partial charge in [0, 0.05) is 24.8 Å². The standard InChI is InChI=1S/C21H20N4O3/c1-14-4-6-17(7-5-14)25-11-16(9-19(25)26)21(27)24-12-18(13-24)28-20-15(10-22)3-2-8-23-20/h2-8,16,18H,9,11-13H2,1H3. The lowest BCUT2D eigenvalue weighted by Gasteiger charge is -2.39. The van der Waals surface area contributed by atoms with Crippen molar-refractivity contribution in [3.05, 3.63) is 53.7 Å². The Kier molecular flexibility index (Phi) is 4.70. The number of benzene rings is 1. The fourth-order valence-corrected chi connectivity index (χ4v) is 3.53. The Morgan fingerprint density at radius 2 is 1.96 bits per heavy atom. The second-order valence-electron chi connectivity index (χ2n) is 7.19. The first kappa shape index (κ1) is 18.0. The third kappa shape index (κ3) is 3.41. The molecule has 2 aliphatic heterocycles. The summed E-state index contributed by atoms with van der Waals surface area (Å²) in [7, 11) is 0. The minimum absolute atomic E-state index is 0.0238. The van der Waals surface area contributed by atoms with Gasteiger partial charge < -0.3 is 14.5 Å². The molecule has 0 aliphatic carbocycles. The van der Waals surface area contributed by atoms with Crippen LogP contribution in [0.3, 0.4) is 0 Å². The molecule has 2 fully saturated rings. The zero-order chi connectivity index (χ0) is 19.7. The maximum Gasteiger partial charge on any atom is 0.232 e. The third-order valence-electron chi connectivity index (χ3n) is 5.15. The number of pyridine rings is 1. The number of hydrogen-bond acceptors (Lipinski definition) is 5. The van der Waals surface area contributed by atoms with Gasteiger partial charge in [0.15, 0.2) is 0 Å². The number of nitriles is 1. The summed E-state index contributed by atoms with van der Waals surface area (Å²) in [5, 5.41) is 9.09. The normalized spacial score (nSPS) is 19.3. The fourth-order valence-electron chi connectivity index (χ4n) is 3.53. The van der Waals surface area contributed by atoms with Gasteiger partial charge in [0.2, 0.25) is 17.7 Å². The summed E-state index contributed by atoms with van der Waals surface area (Å²) in [5.41, 5.74) is 2.33. The van der Waals surface area contributed by atoms with E-state index in [-0.39, 0.29) is 30.3 Å². The van der Waals surface area contributed by atoms with E-state index in [1.54, 1.807) is 28.1 Å². The number of carbonyl (C=O) groups is 2. The topological polar surface area (TPSA) is 86.5 Å². The van der Waals surface area contributed by atoms with Crippen LogP contribution >= 0.6 is 0 Å². The molecule has 0 saturated carbocycles. The van der Waals surface area contributed by atoms with Crippen LogP contribution in [0, 0.1) is 24.2 Å². The van der Waals surface area contributed by atoms with Gasteiger partial charge in [0.1, 0.15) is 17.7 Å². The largest absolute Gasteiger partial charge is 0.470 e. The molecule has 142 valence electrons. The van der Waals surface area contributed by atoms with Gasteiger partial charge in [-0.15, -0.1) is 0 Å². The number of rotatable bonds is 4. The maximum absolute atomic E-state index is 12.7. The van der Waals surface area contributed by atoms with Gasteiger partial charge in [-0.2, -0.15) is 5.26 Å². The van der Waals surface area contributed by atoms with Crippen molar-refractivity contribution in [3.63, 3.8) is 0 Å². The second kappa shape index (κ2) is 7.31. The zero-order valence-electron chi connectivity index (χ0n) is 15.5. The average molecular weight is 376 g/mol. The Morgan fingerprint density at radius 3 is 2.68 bits per heavy atom. The quantitative estimate of drug-likeness (QED) is 0.813. The Balaban J connectivity index is 1.33. The summed E-state index contributed by atoms with van der Waals surface area (Å²) >= 11 is 0. The van der Waals surface area contributed by atoms with Crippen molar-refractivity contribution in [1.29, 1.82) is 5.26 Å². The third-order valence-corrected chi connectivity index (χ3v) is 5.15. The summed E-state index contributed by atoms with van der Waals surface area (Å²) in [6, 6.07) is 13.1. The first-order valence-electron chi connectivity index (χ1n) is 9.22. The molecule has 0 bridgehead atoms. The van der Waals surface area contributed by atoms with Crippen LogP contribution < -0.4 is 9.64 Å². The van der Waals surface area contributed by atoms with Crippen molar-refractivity contribution in [1.82, 2.24) is 9.88 Å². The molecule has 28 heavy (non-hydrogen) atoms. The van der Waals surface area contributed by atoms with Crippen LogP contribution in [0.4, 0.5) is 5.69 Å². The molecular weight excluding hydrogens is 356 g/mol. The van der Waals surface area contributed by atoms with Gasteiger partial charge in [0.25, 0.3) is 0 Å². The fraction of sp³-hybridized carbons (Fsp3) is 0.333. The molecular formula is C21H20N4O3. The summed E-state index contributed by atoms with van der Waals surface area (Å²) in [5.74, 6) is -0.0880. The zero-order valence-corrected chi connectivity index (χ0v) is 15.5. The first-order valence-corrected chi connectivity index (χ1v) is 9.22. The number of aryl methyl sites for hydroxylation is 1. The van der Waals surface area contributed by atoms with Crippen molar-refractivity contribution < 1.29 is 14.3 Å².